The molecule has 3 N–H and O–H groups in total. The molecule has 0 aliphatic carbocycles. The Bertz CT molecular complexity index is 419. The third-order valence-electron chi connectivity index (χ3n) is 3.20. The van der Waals surface area contributed by atoms with E-state index < -0.39 is 6.04 Å². The Labute approximate surface area is 121 Å². The number of carbonyl (C=O) groups is 1. The molecule has 4 heteroatoms. The van der Waals surface area contributed by atoms with E-state index in [1.54, 1.807) is 0 Å². The first-order valence-electron chi connectivity index (χ1n) is 7.24. The van der Waals surface area contributed by atoms with Crippen LogP contribution in [0.4, 0.5) is 0 Å². The zero-order chi connectivity index (χ0) is 15.0. The Morgan fingerprint density at radius 1 is 1.30 bits per heavy atom. The number of benzene rings is 1. The molecule has 20 heavy (non-hydrogen) atoms. The molecule has 1 aromatic rings. The summed E-state index contributed by atoms with van der Waals surface area (Å²) in [5.74, 6) is 0.0300. The zero-order valence-corrected chi connectivity index (χ0v) is 12.7. The quantitative estimate of drug-likeness (QED) is 0.717. The topological polar surface area (TPSA) is 64.3 Å². The van der Waals surface area contributed by atoms with Gasteiger partial charge in [0.25, 0.3) is 0 Å². The Hall–Kier alpha value is -1.39. The van der Waals surface area contributed by atoms with E-state index in [2.05, 4.69) is 12.2 Å². The maximum absolute atomic E-state index is 11.9. The van der Waals surface area contributed by atoms with E-state index in [1.165, 1.54) is 0 Å². The molecule has 1 amide bonds. The standard InChI is InChI=1S/C16H26N2O2/c1-4-9-20-11-14-8-6-5-7-13(14)10-18-16(19)15(17)12(2)3/h5-8,12,15H,4,9-11,17H2,1-3H3,(H,18,19)/t15-/m0/s1. The highest BCUT2D eigenvalue weighted by Crippen LogP contribution is 2.10. The van der Waals surface area contributed by atoms with Crippen LogP contribution in [-0.2, 0) is 22.7 Å². The second-order valence-electron chi connectivity index (χ2n) is 5.31. The second kappa shape index (κ2) is 8.72. The van der Waals surface area contributed by atoms with E-state index in [9.17, 15) is 4.79 Å². The van der Waals surface area contributed by atoms with Crippen LogP contribution in [0.3, 0.4) is 0 Å². The molecule has 0 fully saturated rings. The molecule has 0 aromatic heterocycles. The predicted octanol–water partition coefficient (Wildman–Crippen LogP) is 2.21. The second-order valence-corrected chi connectivity index (χ2v) is 5.31. The summed E-state index contributed by atoms with van der Waals surface area (Å²) in [5, 5.41) is 2.89. The van der Waals surface area contributed by atoms with E-state index in [0.717, 1.165) is 24.2 Å². The first-order chi connectivity index (χ1) is 9.56. The molecule has 0 radical (unpaired) electrons. The fourth-order valence-corrected chi connectivity index (χ4v) is 1.80. The molecule has 4 nitrogen and oxygen atoms in total. The van der Waals surface area contributed by atoms with Crippen molar-refractivity contribution in [2.75, 3.05) is 6.61 Å². The fraction of sp³-hybridized carbons (Fsp3) is 0.562. The van der Waals surface area contributed by atoms with Gasteiger partial charge in [0.2, 0.25) is 5.91 Å². The highest BCUT2D eigenvalue weighted by molar-refractivity contribution is 5.81. The molecule has 112 valence electrons. The molecular weight excluding hydrogens is 252 g/mol. The number of nitrogens with one attached hydrogen (secondary N) is 1. The normalized spacial score (nSPS) is 12.4. The molecule has 0 aliphatic rings. The van der Waals surface area contributed by atoms with Crippen LogP contribution in [-0.4, -0.2) is 18.6 Å². The summed E-state index contributed by atoms with van der Waals surface area (Å²) in [6.45, 7) is 7.78. The van der Waals surface area contributed by atoms with Crippen molar-refractivity contribution >= 4 is 5.91 Å². The van der Waals surface area contributed by atoms with Gasteiger partial charge < -0.3 is 15.8 Å². The Balaban J connectivity index is 2.56. The number of carbonyl (C=O) groups excluding carboxylic acids is 1. The minimum Gasteiger partial charge on any atom is -0.377 e. The van der Waals surface area contributed by atoms with Gasteiger partial charge in [-0.25, -0.2) is 0 Å². The van der Waals surface area contributed by atoms with Gasteiger partial charge in [-0.3, -0.25) is 4.79 Å². The smallest absolute Gasteiger partial charge is 0.237 e. The van der Waals surface area contributed by atoms with Crippen molar-refractivity contribution in [1.82, 2.24) is 5.32 Å². The van der Waals surface area contributed by atoms with Gasteiger partial charge in [-0.15, -0.1) is 0 Å². The Morgan fingerprint density at radius 2 is 1.95 bits per heavy atom. The van der Waals surface area contributed by atoms with Crippen molar-refractivity contribution in [3.8, 4) is 0 Å². The summed E-state index contributed by atoms with van der Waals surface area (Å²) >= 11 is 0. The molecule has 0 saturated heterocycles. The lowest BCUT2D eigenvalue weighted by Crippen LogP contribution is -2.43. The van der Waals surface area contributed by atoms with Gasteiger partial charge in [0.15, 0.2) is 0 Å². The predicted molar refractivity (Wildman–Crippen MR) is 81.0 cm³/mol. The molecule has 1 aromatic carbocycles. The van der Waals surface area contributed by atoms with Crippen LogP contribution < -0.4 is 11.1 Å². The van der Waals surface area contributed by atoms with Gasteiger partial charge in [0.1, 0.15) is 0 Å². The zero-order valence-electron chi connectivity index (χ0n) is 12.7. The van der Waals surface area contributed by atoms with E-state index in [0.29, 0.717) is 13.2 Å². The van der Waals surface area contributed by atoms with Crippen molar-refractivity contribution in [1.29, 1.82) is 0 Å². The third kappa shape index (κ3) is 5.31. The minimum atomic E-state index is -0.460. The van der Waals surface area contributed by atoms with Gasteiger partial charge in [0.05, 0.1) is 12.6 Å². The van der Waals surface area contributed by atoms with Gasteiger partial charge in [-0.2, -0.15) is 0 Å². The van der Waals surface area contributed by atoms with E-state index in [1.807, 2.05) is 38.1 Å². The highest BCUT2D eigenvalue weighted by Gasteiger charge is 2.16. The first-order valence-corrected chi connectivity index (χ1v) is 7.24. The summed E-state index contributed by atoms with van der Waals surface area (Å²) in [4.78, 5) is 11.9. The van der Waals surface area contributed by atoms with E-state index >= 15 is 0 Å². The Morgan fingerprint density at radius 3 is 2.55 bits per heavy atom. The summed E-state index contributed by atoms with van der Waals surface area (Å²) < 4.78 is 5.56. The summed E-state index contributed by atoms with van der Waals surface area (Å²) in [6, 6.07) is 7.52. The fourth-order valence-electron chi connectivity index (χ4n) is 1.80. The average molecular weight is 278 g/mol. The van der Waals surface area contributed by atoms with Crippen LogP contribution in [0.25, 0.3) is 0 Å². The SMILES string of the molecule is CCCOCc1ccccc1CNC(=O)[C@@H](N)C(C)C. The molecule has 0 spiro atoms. The van der Waals surface area contributed by atoms with Crippen LogP contribution in [0, 0.1) is 5.92 Å². The Kier molecular flexibility index (Phi) is 7.26. The molecular formula is C16H26N2O2. The van der Waals surface area contributed by atoms with Gasteiger partial charge in [0, 0.05) is 13.2 Å². The van der Waals surface area contributed by atoms with E-state index in [4.69, 9.17) is 10.5 Å². The maximum Gasteiger partial charge on any atom is 0.237 e. The van der Waals surface area contributed by atoms with Gasteiger partial charge in [-0.05, 0) is 23.5 Å². The molecule has 0 bridgehead atoms. The maximum atomic E-state index is 11.9. The molecule has 1 rings (SSSR count). The van der Waals surface area contributed by atoms with E-state index in [-0.39, 0.29) is 11.8 Å². The number of amides is 1. The van der Waals surface area contributed by atoms with Crippen molar-refractivity contribution < 1.29 is 9.53 Å². The lowest BCUT2D eigenvalue weighted by molar-refractivity contribution is -0.123. The monoisotopic (exact) mass is 278 g/mol. The van der Waals surface area contributed by atoms with Gasteiger partial charge >= 0.3 is 0 Å². The lowest BCUT2D eigenvalue weighted by atomic mass is 10.0. The van der Waals surface area contributed by atoms with Crippen molar-refractivity contribution in [3.05, 3.63) is 35.4 Å². The van der Waals surface area contributed by atoms with Crippen molar-refractivity contribution in [2.24, 2.45) is 11.7 Å². The summed E-state index contributed by atoms with van der Waals surface area (Å²) in [6.07, 6.45) is 1.00. The number of ether oxygens (including phenoxy) is 1. The molecule has 0 saturated carbocycles. The van der Waals surface area contributed by atoms with Crippen LogP contribution in [0.2, 0.25) is 0 Å². The molecule has 0 aliphatic heterocycles. The van der Waals surface area contributed by atoms with Crippen molar-refractivity contribution in [2.45, 2.75) is 46.4 Å². The summed E-state index contributed by atoms with van der Waals surface area (Å²) in [5.41, 5.74) is 8.01. The van der Waals surface area contributed by atoms with Crippen LogP contribution in [0.15, 0.2) is 24.3 Å². The molecule has 0 heterocycles. The van der Waals surface area contributed by atoms with Crippen molar-refractivity contribution in [3.63, 3.8) is 0 Å². The number of hydrogen-bond donors (Lipinski definition) is 2. The molecule has 0 unspecified atom stereocenters. The number of rotatable bonds is 8. The molecule has 1 atom stereocenters. The number of hydrogen-bond acceptors (Lipinski definition) is 3. The average Bonchev–Trinajstić information content (AvgIpc) is 2.45. The first kappa shape index (κ1) is 16.7. The highest BCUT2D eigenvalue weighted by atomic mass is 16.5. The third-order valence-corrected chi connectivity index (χ3v) is 3.20. The van der Waals surface area contributed by atoms with Crippen LogP contribution in [0.1, 0.15) is 38.3 Å². The lowest BCUT2D eigenvalue weighted by Gasteiger charge is -2.16. The number of nitrogens with two attached hydrogens (primary N) is 1. The minimum absolute atomic E-state index is 0.107. The van der Waals surface area contributed by atoms with Gasteiger partial charge in [-0.1, -0.05) is 45.0 Å². The summed E-state index contributed by atoms with van der Waals surface area (Å²) in [7, 11) is 0. The van der Waals surface area contributed by atoms with Crippen LogP contribution in [0.5, 0.6) is 0 Å². The van der Waals surface area contributed by atoms with Crippen LogP contribution >= 0.6 is 0 Å². The largest absolute Gasteiger partial charge is 0.377 e.